The Hall–Kier alpha value is -1.28. The third-order valence-corrected chi connectivity index (χ3v) is 3.77. The molecular formula is C13H18F3NO3S. The Morgan fingerprint density at radius 2 is 1.81 bits per heavy atom. The van der Waals surface area contributed by atoms with Crippen LogP contribution in [0.25, 0.3) is 0 Å². The van der Waals surface area contributed by atoms with Crippen molar-refractivity contribution in [3.05, 3.63) is 29.8 Å². The predicted molar refractivity (Wildman–Crippen MR) is 73.3 cm³/mol. The lowest BCUT2D eigenvalue weighted by Crippen LogP contribution is -2.27. The molecule has 0 amide bonds. The second kappa shape index (κ2) is 7.13. The minimum Gasteiger partial charge on any atom is -0.493 e. The van der Waals surface area contributed by atoms with E-state index in [4.69, 9.17) is 9.88 Å². The van der Waals surface area contributed by atoms with Crippen LogP contribution in [0.2, 0.25) is 0 Å². The van der Waals surface area contributed by atoms with Crippen molar-refractivity contribution in [1.82, 2.24) is 0 Å². The molecule has 0 aliphatic carbocycles. The first-order chi connectivity index (χ1) is 9.62. The largest absolute Gasteiger partial charge is 0.493 e. The third-order valence-electron chi connectivity index (χ3n) is 2.83. The lowest BCUT2D eigenvalue weighted by Gasteiger charge is -2.16. The van der Waals surface area contributed by atoms with Gasteiger partial charge in [0.05, 0.1) is 17.9 Å². The molecule has 21 heavy (non-hydrogen) atoms. The Kier molecular flexibility index (Phi) is 6.03. The molecule has 8 heteroatoms. The molecule has 0 fully saturated rings. The van der Waals surface area contributed by atoms with Crippen LogP contribution >= 0.6 is 0 Å². The highest BCUT2D eigenvalue weighted by Crippen LogP contribution is 2.30. The first-order valence-electron chi connectivity index (χ1n) is 6.42. The highest BCUT2D eigenvalue weighted by atomic mass is 32.2. The van der Waals surface area contributed by atoms with E-state index in [1.807, 2.05) is 6.92 Å². The zero-order chi connectivity index (χ0) is 16.1. The summed E-state index contributed by atoms with van der Waals surface area (Å²) in [6.45, 7) is 1.99. The van der Waals surface area contributed by atoms with Gasteiger partial charge in [0.15, 0.2) is 0 Å². The van der Waals surface area contributed by atoms with Gasteiger partial charge >= 0.3 is 6.18 Å². The lowest BCUT2D eigenvalue weighted by molar-refractivity contribution is -0.137. The van der Waals surface area contributed by atoms with Gasteiger partial charge in [-0.05, 0) is 30.7 Å². The van der Waals surface area contributed by atoms with Crippen molar-refractivity contribution >= 4 is 10.0 Å². The molecule has 4 nitrogen and oxygen atoms in total. The molecule has 1 atom stereocenters. The Morgan fingerprint density at radius 1 is 1.24 bits per heavy atom. The van der Waals surface area contributed by atoms with Crippen molar-refractivity contribution in [2.75, 3.05) is 12.4 Å². The van der Waals surface area contributed by atoms with Crippen molar-refractivity contribution < 1.29 is 26.3 Å². The number of sulfonamides is 1. The maximum Gasteiger partial charge on any atom is 0.416 e. The third kappa shape index (κ3) is 6.81. The zero-order valence-corrected chi connectivity index (χ0v) is 12.4. The normalized spacial score (nSPS) is 14.0. The van der Waals surface area contributed by atoms with Gasteiger partial charge in [-0.1, -0.05) is 13.3 Å². The van der Waals surface area contributed by atoms with Crippen LogP contribution < -0.4 is 9.88 Å². The summed E-state index contributed by atoms with van der Waals surface area (Å²) < 4.78 is 64.7. The van der Waals surface area contributed by atoms with Crippen LogP contribution in [0.3, 0.4) is 0 Å². The van der Waals surface area contributed by atoms with Gasteiger partial charge in [0.25, 0.3) is 0 Å². The van der Waals surface area contributed by atoms with E-state index in [2.05, 4.69) is 0 Å². The van der Waals surface area contributed by atoms with Crippen LogP contribution in [0.1, 0.15) is 25.3 Å². The molecule has 0 bridgehead atoms. The molecular weight excluding hydrogens is 307 g/mol. The Bertz CT molecular complexity index is 541. The van der Waals surface area contributed by atoms with Gasteiger partial charge in [-0.2, -0.15) is 13.2 Å². The van der Waals surface area contributed by atoms with Gasteiger partial charge < -0.3 is 4.74 Å². The fourth-order valence-electron chi connectivity index (χ4n) is 1.91. The summed E-state index contributed by atoms with van der Waals surface area (Å²) in [5.41, 5.74) is -0.760. The fourth-order valence-corrected chi connectivity index (χ4v) is 2.83. The number of benzene rings is 1. The van der Waals surface area contributed by atoms with Crippen molar-refractivity contribution in [3.8, 4) is 5.75 Å². The maximum absolute atomic E-state index is 12.4. The maximum atomic E-state index is 12.4. The van der Waals surface area contributed by atoms with E-state index < -0.39 is 21.8 Å². The van der Waals surface area contributed by atoms with Gasteiger partial charge in [0.2, 0.25) is 10.0 Å². The summed E-state index contributed by atoms with van der Waals surface area (Å²) in [5, 5.41) is 4.99. The summed E-state index contributed by atoms with van der Waals surface area (Å²) in [4.78, 5) is 0. The average molecular weight is 325 g/mol. The molecule has 0 aromatic heterocycles. The average Bonchev–Trinajstić information content (AvgIpc) is 2.34. The monoisotopic (exact) mass is 325 g/mol. The standard InChI is InChI=1S/C13H18F3NO3S/c1-2-3-10(9-21(17,18)19)8-20-12-6-4-11(5-7-12)13(14,15)16/h4-7,10H,2-3,8-9H2,1H3,(H2,17,18,19). The van der Waals surface area contributed by atoms with Crippen LogP contribution in [0.15, 0.2) is 24.3 Å². The van der Waals surface area contributed by atoms with E-state index in [-0.39, 0.29) is 24.0 Å². The molecule has 0 spiro atoms. The summed E-state index contributed by atoms with van der Waals surface area (Å²) in [6, 6.07) is 4.26. The lowest BCUT2D eigenvalue weighted by atomic mass is 10.1. The first-order valence-corrected chi connectivity index (χ1v) is 8.14. The Balaban J connectivity index is 2.63. The molecule has 0 radical (unpaired) electrons. The fraction of sp³-hybridized carbons (Fsp3) is 0.538. The van der Waals surface area contributed by atoms with Crippen molar-refractivity contribution in [1.29, 1.82) is 0 Å². The Morgan fingerprint density at radius 3 is 2.24 bits per heavy atom. The smallest absolute Gasteiger partial charge is 0.416 e. The highest BCUT2D eigenvalue weighted by molar-refractivity contribution is 7.89. The molecule has 0 saturated heterocycles. The molecule has 1 aromatic rings. The van der Waals surface area contributed by atoms with Crippen LogP contribution in [0.4, 0.5) is 13.2 Å². The van der Waals surface area contributed by atoms with E-state index in [0.29, 0.717) is 6.42 Å². The molecule has 1 rings (SSSR count). The molecule has 0 aliphatic heterocycles. The highest BCUT2D eigenvalue weighted by Gasteiger charge is 2.30. The number of halogens is 3. The number of hydrogen-bond donors (Lipinski definition) is 1. The number of nitrogens with two attached hydrogens (primary N) is 1. The number of primary sulfonamides is 1. The number of hydrogen-bond acceptors (Lipinski definition) is 3. The Labute approximate surface area is 122 Å². The molecule has 0 aliphatic rings. The SMILES string of the molecule is CCCC(COc1ccc(C(F)(F)F)cc1)CS(N)(=O)=O. The molecule has 0 saturated carbocycles. The van der Waals surface area contributed by atoms with Crippen molar-refractivity contribution in [3.63, 3.8) is 0 Å². The van der Waals surface area contributed by atoms with Gasteiger partial charge in [-0.25, -0.2) is 13.6 Å². The minimum absolute atomic E-state index is 0.0929. The van der Waals surface area contributed by atoms with Gasteiger partial charge in [0.1, 0.15) is 5.75 Å². The summed E-state index contributed by atoms with van der Waals surface area (Å²) >= 11 is 0. The van der Waals surface area contributed by atoms with E-state index in [0.717, 1.165) is 18.6 Å². The molecule has 120 valence electrons. The molecule has 1 unspecified atom stereocenters. The van der Waals surface area contributed by atoms with E-state index >= 15 is 0 Å². The summed E-state index contributed by atoms with van der Waals surface area (Å²) in [7, 11) is -3.60. The number of alkyl halides is 3. The van der Waals surface area contributed by atoms with Gasteiger partial charge in [-0.3, -0.25) is 0 Å². The summed E-state index contributed by atoms with van der Waals surface area (Å²) in [6.07, 6.45) is -3.02. The van der Waals surface area contributed by atoms with Gasteiger partial charge in [-0.15, -0.1) is 0 Å². The van der Waals surface area contributed by atoms with Crippen LogP contribution in [-0.2, 0) is 16.2 Å². The number of ether oxygens (including phenoxy) is 1. The summed E-state index contributed by atoms with van der Waals surface area (Å²) in [5.74, 6) is -0.229. The zero-order valence-electron chi connectivity index (χ0n) is 11.6. The van der Waals surface area contributed by atoms with Crippen LogP contribution in [-0.4, -0.2) is 20.8 Å². The van der Waals surface area contributed by atoms with Gasteiger partial charge in [0, 0.05) is 5.92 Å². The topological polar surface area (TPSA) is 69.4 Å². The van der Waals surface area contributed by atoms with Crippen molar-refractivity contribution in [2.45, 2.75) is 25.9 Å². The molecule has 2 N–H and O–H groups in total. The quantitative estimate of drug-likeness (QED) is 0.838. The second-order valence-electron chi connectivity index (χ2n) is 4.82. The van der Waals surface area contributed by atoms with E-state index in [1.165, 1.54) is 12.1 Å². The van der Waals surface area contributed by atoms with E-state index in [1.54, 1.807) is 0 Å². The van der Waals surface area contributed by atoms with Crippen LogP contribution in [0, 0.1) is 5.92 Å². The second-order valence-corrected chi connectivity index (χ2v) is 6.48. The molecule has 0 heterocycles. The number of rotatable bonds is 7. The first kappa shape index (κ1) is 17.8. The van der Waals surface area contributed by atoms with Crippen molar-refractivity contribution in [2.24, 2.45) is 11.1 Å². The predicted octanol–water partition coefficient (Wildman–Crippen LogP) is 2.79. The molecule has 1 aromatic carbocycles. The van der Waals surface area contributed by atoms with Crippen LogP contribution in [0.5, 0.6) is 5.75 Å². The van der Waals surface area contributed by atoms with E-state index in [9.17, 15) is 21.6 Å². The minimum atomic E-state index is -4.39.